The number of benzene rings is 3. The van der Waals surface area contributed by atoms with Crippen molar-refractivity contribution in [3.8, 4) is 22.8 Å². The van der Waals surface area contributed by atoms with Crippen molar-refractivity contribution in [3.05, 3.63) is 94.0 Å². The second-order valence-corrected chi connectivity index (χ2v) is 12.1. The molecule has 1 aliphatic heterocycles. The summed E-state index contributed by atoms with van der Waals surface area (Å²) in [5.41, 5.74) is 2.18. The molecule has 0 amide bonds. The molecule has 4 aromatic rings. The number of piperidine rings is 1. The SMILES string of the molecule is CC(C)Cc1ccc(-c2nc(-c3ccc(CN4CCC(Cc5cccc(C(F)(F)F)c5)(OC(=O)O)CC4)cc3)no2)cc1Cl. The third-order valence-electron chi connectivity index (χ3n) is 7.82. The monoisotopic (exact) mass is 627 g/mol. The molecule has 1 saturated heterocycles. The predicted octanol–water partition coefficient (Wildman–Crippen LogP) is 8.55. The lowest BCUT2D eigenvalue weighted by atomic mass is 9.84. The molecule has 1 N–H and O–H groups in total. The Morgan fingerprint density at radius 1 is 1.05 bits per heavy atom. The first-order valence-corrected chi connectivity index (χ1v) is 14.8. The van der Waals surface area contributed by atoms with Gasteiger partial charge in [0, 0.05) is 55.0 Å². The van der Waals surface area contributed by atoms with Gasteiger partial charge in [0.1, 0.15) is 5.60 Å². The summed E-state index contributed by atoms with van der Waals surface area (Å²) < 4.78 is 50.5. The molecule has 5 rings (SSSR count). The van der Waals surface area contributed by atoms with Crippen molar-refractivity contribution in [1.29, 1.82) is 0 Å². The molecule has 7 nitrogen and oxygen atoms in total. The van der Waals surface area contributed by atoms with Gasteiger partial charge in [0.15, 0.2) is 0 Å². The normalized spacial score (nSPS) is 15.4. The van der Waals surface area contributed by atoms with Crippen molar-refractivity contribution in [2.45, 2.75) is 57.9 Å². The number of ether oxygens (including phenoxy) is 1. The highest BCUT2D eigenvalue weighted by Crippen LogP contribution is 2.35. The topological polar surface area (TPSA) is 88.7 Å². The van der Waals surface area contributed by atoms with E-state index in [-0.39, 0.29) is 6.42 Å². The van der Waals surface area contributed by atoms with Gasteiger partial charge in [-0.1, -0.05) is 79.1 Å². The van der Waals surface area contributed by atoms with E-state index in [1.54, 1.807) is 6.07 Å². The third kappa shape index (κ3) is 7.78. The van der Waals surface area contributed by atoms with E-state index in [1.165, 1.54) is 6.07 Å². The maximum absolute atomic E-state index is 13.2. The van der Waals surface area contributed by atoms with E-state index < -0.39 is 23.5 Å². The summed E-state index contributed by atoms with van der Waals surface area (Å²) in [6.45, 7) is 5.96. The minimum Gasteiger partial charge on any atom is -0.450 e. The molecule has 1 aromatic heterocycles. The lowest BCUT2D eigenvalue weighted by Crippen LogP contribution is -2.48. The van der Waals surface area contributed by atoms with Crippen LogP contribution in [0.5, 0.6) is 0 Å². The van der Waals surface area contributed by atoms with Crippen LogP contribution < -0.4 is 0 Å². The number of likely N-dealkylation sites (tertiary alicyclic amines) is 1. The number of aromatic nitrogens is 2. The second kappa shape index (κ2) is 13.0. The number of halogens is 4. The zero-order valence-corrected chi connectivity index (χ0v) is 25.2. The fourth-order valence-electron chi connectivity index (χ4n) is 5.61. The Bertz CT molecular complexity index is 1600. The van der Waals surface area contributed by atoms with Gasteiger partial charge < -0.3 is 14.4 Å². The van der Waals surface area contributed by atoms with Gasteiger partial charge in [0.2, 0.25) is 5.82 Å². The highest BCUT2D eigenvalue weighted by Gasteiger charge is 2.39. The van der Waals surface area contributed by atoms with E-state index >= 15 is 0 Å². The number of nitrogens with zero attached hydrogens (tertiary/aromatic N) is 3. The molecule has 0 spiro atoms. The first-order valence-electron chi connectivity index (χ1n) is 14.4. The van der Waals surface area contributed by atoms with Crippen LogP contribution in [0.1, 0.15) is 48.9 Å². The number of carboxylic acid groups (broad SMARTS) is 1. The number of carbonyl (C=O) groups is 1. The number of hydrogen-bond donors (Lipinski definition) is 1. The third-order valence-corrected chi connectivity index (χ3v) is 8.18. The molecule has 232 valence electrons. The smallest absolute Gasteiger partial charge is 0.450 e. The summed E-state index contributed by atoms with van der Waals surface area (Å²) in [5, 5.41) is 14.2. The molecule has 0 atom stereocenters. The largest absolute Gasteiger partial charge is 0.506 e. The minimum atomic E-state index is -4.48. The summed E-state index contributed by atoms with van der Waals surface area (Å²) in [6.07, 6.45) is -4.22. The van der Waals surface area contributed by atoms with Crippen LogP contribution in [-0.4, -0.2) is 45.0 Å². The van der Waals surface area contributed by atoms with Gasteiger partial charge in [-0.2, -0.15) is 18.2 Å². The maximum atomic E-state index is 13.2. The van der Waals surface area contributed by atoms with E-state index in [0.29, 0.717) is 60.7 Å². The average molecular weight is 628 g/mol. The average Bonchev–Trinajstić information content (AvgIpc) is 3.45. The van der Waals surface area contributed by atoms with Crippen molar-refractivity contribution >= 4 is 17.8 Å². The zero-order valence-electron chi connectivity index (χ0n) is 24.4. The van der Waals surface area contributed by atoms with Gasteiger partial charge in [0.25, 0.3) is 5.89 Å². The summed E-state index contributed by atoms with van der Waals surface area (Å²) in [4.78, 5) is 18.2. The van der Waals surface area contributed by atoms with Gasteiger partial charge >= 0.3 is 12.3 Å². The van der Waals surface area contributed by atoms with E-state index in [1.807, 2.05) is 42.5 Å². The van der Waals surface area contributed by atoms with Crippen LogP contribution in [0.4, 0.5) is 18.0 Å². The van der Waals surface area contributed by atoms with Crippen molar-refractivity contribution in [2.24, 2.45) is 5.92 Å². The predicted molar refractivity (Wildman–Crippen MR) is 160 cm³/mol. The first kappa shape index (κ1) is 31.5. The lowest BCUT2D eigenvalue weighted by molar-refractivity contribution is -0.137. The van der Waals surface area contributed by atoms with Crippen LogP contribution in [0.3, 0.4) is 0 Å². The van der Waals surface area contributed by atoms with Gasteiger partial charge in [-0.25, -0.2) is 4.79 Å². The Balaban J connectivity index is 1.21. The second-order valence-electron chi connectivity index (χ2n) is 11.7. The first-order chi connectivity index (χ1) is 20.9. The molecule has 0 unspecified atom stereocenters. The molecule has 0 radical (unpaired) electrons. The summed E-state index contributed by atoms with van der Waals surface area (Å²) in [6, 6.07) is 18.5. The fourth-order valence-corrected chi connectivity index (χ4v) is 5.87. The summed E-state index contributed by atoms with van der Waals surface area (Å²) >= 11 is 6.47. The number of alkyl halides is 3. The van der Waals surface area contributed by atoms with Crippen molar-refractivity contribution in [2.75, 3.05) is 13.1 Å². The minimum absolute atomic E-state index is 0.0761. The standard InChI is InChI=1S/C33H33ClF3N3O4/c1-21(2)16-25-10-11-26(18-28(25)34)30-38-29(39-44-30)24-8-6-22(7-9-24)20-40-14-12-32(13-15-40,43-31(41)42)19-23-4-3-5-27(17-23)33(35,36)37/h3-11,17-18,21H,12-16,19-20H2,1-2H3,(H,41,42). The molecule has 1 fully saturated rings. The Morgan fingerprint density at radius 2 is 1.75 bits per heavy atom. The molecule has 3 aromatic carbocycles. The molecule has 0 aliphatic carbocycles. The fraction of sp³-hybridized carbons (Fsp3) is 0.364. The van der Waals surface area contributed by atoms with Gasteiger partial charge in [-0.3, -0.25) is 4.90 Å². The summed E-state index contributed by atoms with van der Waals surface area (Å²) in [5.74, 6) is 1.33. The Kier molecular flexibility index (Phi) is 9.31. The number of hydrogen-bond acceptors (Lipinski definition) is 6. The van der Waals surface area contributed by atoms with Crippen LogP contribution in [0, 0.1) is 5.92 Å². The summed E-state index contributed by atoms with van der Waals surface area (Å²) in [7, 11) is 0. The van der Waals surface area contributed by atoms with Crippen molar-refractivity contribution in [3.63, 3.8) is 0 Å². The maximum Gasteiger partial charge on any atom is 0.506 e. The zero-order chi connectivity index (χ0) is 31.5. The Labute approximate surface area is 258 Å². The Morgan fingerprint density at radius 3 is 2.39 bits per heavy atom. The van der Waals surface area contributed by atoms with Crippen molar-refractivity contribution in [1.82, 2.24) is 15.0 Å². The molecular formula is C33H33ClF3N3O4. The molecule has 0 bridgehead atoms. The van der Waals surface area contributed by atoms with E-state index in [9.17, 15) is 23.1 Å². The van der Waals surface area contributed by atoms with Crippen LogP contribution in [0.2, 0.25) is 5.02 Å². The van der Waals surface area contributed by atoms with Crippen LogP contribution in [0.15, 0.2) is 71.3 Å². The molecular weight excluding hydrogens is 595 g/mol. The Hall–Kier alpha value is -3.89. The van der Waals surface area contributed by atoms with Crippen molar-refractivity contribution < 1.29 is 32.3 Å². The highest BCUT2D eigenvalue weighted by atomic mass is 35.5. The quantitative estimate of drug-likeness (QED) is 0.186. The van der Waals surface area contributed by atoms with Crippen LogP contribution >= 0.6 is 11.6 Å². The van der Waals surface area contributed by atoms with E-state index in [2.05, 4.69) is 28.9 Å². The molecule has 11 heteroatoms. The van der Waals surface area contributed by atoms with E-state index in [4.69, 9.17) is 20.9 Å². The molecule has 0 saturated carbocycles. The van der Waals surface area contributed by atoms with Crippen LogP contribution in [-0.2, 0) is 30.3 Å². The molecule has 1 aliphatic rings. The van der Waals surface area contributed by atoms with Gasteiger partial charge in [-0.05, 0) is 47.2 Å². The van der Waals surface area contributed by atoms with Gasteiger partial charge in [0.05, 0.1) is 5.56 Å². The lowest BCUT2D eigenvalue weighted by Gasteiger charge is -2.40. The molecule has 2 heterocycles. The van der Waals surface area contributed by atoms with E-state index in [0.717, 1.165) is 40.8 Å². The van der Waals surface area contributed by atoms with Gasteiger partial charge in [-0.15, -0.1) is 0 Å². The highest BCUT2D eigenvalue weighted by molar-refractivity contribution is 6.31. The van der Waals surface area contributed by atoms with Crippen LogP contribution in [0.25, 0.3) is 22.8 Å². The number of rotatable bonds is 9. The molecule has 44 heavy (non-hydrogen) atoms.